The highest BCUT2D eigenvalue weighted by Crippen LogP contribution is 2.41. The molecule has 0 amide bonds. The lowest BCUT2D eigenvalue weighted by molar-refractivity contribution is -0.152. The number of carbonyl (C=O) groups is 2. The molecule has 23 heavy (non-hydrogen) atoms. The Labute approximate surface area is 128 Å². The van der Waals surface area contributed by atoms with Crippen molar-refractivity contribution >= 4 is 11.9 Å². The van der Waals surface area contributed by atoms with E-state index in [1.807, 2.05) is 0 Å². The van der Waals surface area contributed by atoms with E-state index in [9.17, 15) is 35.1 Å². The van der Waals surface area contributed by atoms with E-state index in [0.717, 1.165) is 24.3 Å². The molecule has 2 rings (SSSR count). The normalized spacial score (nSPS) is 11.5. The maximum absolute atomic E-state index is 12.0. The summed E-state index contributed by atoms with van der Waals surface area (Å²) in [7, 11) is 0. The van der Waals surface area contributed by atoms with Crippen LogP contribution in [0, 0.1) is 0 Å². The second-order valence-corrected chi connectivity index (χ2v) is 4.79. The molecule has 2 aromatic rings. The number of hydrogen-bond acceptors (Lipinski definition) is 6. The summed E-state index contributed by atoms with van der Waals surface area (Å²) in [5.74, 6) is -5.81. The molecule has 10 nitrogen and oxygen atoms in total. The zero-order valence-corrected chi connectivity index (χ0v) is 11.6. The molecule has 2 aromatic heterocycles. The Morgan fingerprint density at radius 1 is 0.826 bits per heavy atom. The Hall–Kier alpha value is -3.30. The number of aromatic hydroxyl groups is 4. The predicted molar refractivity (Wildman–Crippen MR) is 73.4 cm³/mol. The van der Waals surface area contributed by atoms with Gasteiger partial charge in [-0.15, -0.1) is 0 Å². The molecule has 124 valence electrons. The van der Waals surface area contributed by atoms with E-state index in [4.69, 9.17) is 5.11 Å². The van der Waals surface area contributed by atoms with Crippen molar-refractivity contribution in [2.24, 2.45) is 0 Å². The van der Waals surface area contributed by atoms with Gasteiger partial charge in [-0.2, -0.15) is 0 Å². The third-order valence-corrected chi connectivity index (χ3v) is 3.45. The van der Waals surface area contributed by atoms with Crippen LogP contribution in [0.5, 0.6) is 23.5 Å². The van der Waals surface area contributed by atoms with Gasteiger partial charge in [0.05, 0.1) is 6.42 Å². The summed E-state index contributed by atoms with van der Waals surface area (Å²) in [6.07, 6.45) is -1.36. The van der Waals surface area contributed by atoms with Crippen LogP contribution < -0.4 is 0 Å². The van der Waals surface area contributed by atoms with Crippen molar-refractivity contribution in [3.05, 3.63) is 24.3 Å². The molecule has 0 spiro atoms. The molecule has 0 unspecified atom stereocenters. The van der Waals surface area contributed by atoms with Crippen LogP contribution in [0.4, 0.5) is 0 Å². The number of carboxylic acids is 2. The first-order valence-electron chi connectivity index (χ1n) is 6.37. The van der Waals surface area contributed by atoms with E-state index in [2.05, 4.69) is 0 Å². The minimum atomic E-state index is -2.49. The smallest absolute Gasteiger partial charge is 0.351 e. The Bertz CT molecular complexity index is 675. The first-order valence-corrected chi connectivity index (χ1v) is 6.37. The van der Waals surface area contributed by atoms with Crippen molar-refractivity contribution in [3.8, 4) is 23.5 Å². The lowest BCUT2D eigenvalue weighted by Crippen LogP contribution is -2.48. The van der Waals surface area contributed by atoms with Crippen LogP contribution in [-0.2, 0) is 15.3 Å². The van der Waals surface area contributed by atoms with E-state index >= 15 is 0 Å². The van der Waals surface area contributed by atoms with Crippen LogP contribution in [0.1, 0.15) is 12.8 Å². The van der Waals surface area contributed by atoms with Crippen molar-refractivity contribution in [1.82, 2.24) is 9.13 Å². The monoisotopic (exact) mass is 326 g/mol. The second-order valence-electron chi connectivity index (χ2n) is 4.79. The van der Waals surface area contributed by atoms with Gasteiger partial charge in [0, 0.05) is 30.7 Å². The van der Waals surface area contributed by atoms with Crippen LogP contribution in [0.15, 0.2) is 24.3 Å². The predicted octanol–water partition coefficient (Wildman–Crippen LogP) is 0.262. The molecular formula is C13H14N2O8. The minimum absolute atomic E-state index is 0.512. The van der Waals surface area contributed by atoms with Gasteiger partial charge in [0.15, 0.2) is 23.5 Å². The van der Waals surface area contributed by atoms with E-state index in [1.54, 1.807) is 0 Å². The van der Waals surface area contributed by atoms with Crippen molar-refractivity contribution in [1.29, 1.82) is 0 Å². The molecule has 10 heteroatoms. The first-order chi connectivity index (χ1) is 10.7. The van der Waals surface area contributed by atoms with Crippen molar-refractivity contribution in [3.63, 3.8) is 0 Å². The number of hydrogen-bond donors (Lipinski definition) is 6. The van der Waals surface area contributed by atoms with Gasteiger partial charge in [-0.25, -0.2) is 13.9 Å². The number of rotatable bonds is 6. The zero-order chi connectivity index (χ0) is 17.4. The molecule has 6 N–H and O–H groups in total. The summed E-state index contributed by atoms with van der Waals surface area (Å²) in [6.45, 7) is 0. The molecule has 0 saturated carbocycles. The van der Waals surface area contributed by atoms with E-state index in [-0.39, 0.29) is 0 Å². The van der Waals surface area contributed by atoms with Crippen LogP contribution in [-0.4, -0.2) is 51.7 Å². The van der Waals surface area contributed by atoms with E-state index in [0.29, 0.717) is 9.13 Å². The molecule has 0 saturated heterocycles. The number of aliphatic carboxylic acids is 2. The van der Waals surface area contributed by atoms with Gasteiger partial charge in [0.25, 0.3) is 0 Å². The number of carboxylic acid groups (broad SMARTS) is 2. The van der Waals surface area contributed by atoms with Crippen molar-refractivity contribution < 1.29 is 40.2 Å². The Morgan fingerprint density at radius 2 is 1.17 bits per heavy atom. The standard InChI is InChI=1S/C13H14N2O8/c16-7-1-2-8(17)14(7)13(12(22)23,6-5-11(20)21)15-9(18)3-4-10(15)19/h1-4,16-19H,5-6H2,(H,20,21)(H,22,23). The van der Waals surface area contributed by atoms with Crippen LogP contribution in [0.25, 0.3) is 0 Å². The van der Waals surface area contributed by atoms with E-state index in [1.165, 1.54) is 0 Å². The summed E-state index contributed by atoms with van der Waals surface area (Å²) in [5, 5.41) is 58.1. The lowest BCUT2D eigenvalue weighted by Gasteiger charge is -2.34. The molecule has 0 aliphatic carbocycles. The van der Waals surface area contributed by atoms with Gasteiger partial charge in [-0.05, 0) is 0 Å². The van der Waals surface area contributed by atoms with Gasteiger partial charge >= 0.3 is 11.9 Å². The third kappa shape index (κ3) is 2.39. The van der Waals surface area contributed by atoms with Crippen LogP contribution >= 0.6 is 0 Å². The number of aromatic nitrogens is 2. The molecule has 0 fully saturated rings. The Kier molecular flexibility index (Phi) is 3.83. The second kappa shape index (κ2) is 5.48. The highest BCUT2D eigenvalue weighted by Gasteiger charge is 2.48. The average molecular weight is 326 g/mol. The summed E-state index contributed by atoms with van der Waals surface area (Å²) in [4.78, 5) is 22.8. The molecule has 0 aliphatic rings. The molecule has 0 radical (unpaired) electrons. The first kappa shape index (κ1) is 16.1. The molecule has 2 heterocycles. The summed E-state index contributed by atoms with van der Waals surface area (Å²) >= 11 is 0. The van der Waals surface area contributed by atoms with Crippen LogP contribution in [0.3, 0.4) is 0 Å². The molecule has 0 aliphatic heterocycles. The highest BCUT2D eigenvalue weighted by atomic mass is 16.4. The highest BCUT2D eigenvalue weighted by molar-refractivity contribution is 5.79. The van der Waals surface area contributed by atoms with Gasteiger partial charge in [0.2, 0.25) is 5.66 Å². The molecular weight excluding hydrogens is 312 g/mol. The summed E-state index contributed by atoms with van der Waals surface area (Å²) < 4.78 is 1.02. The maximum Gasteiger partial charge on any atom is 0.351 e. The fourth-order valence-electron chi connectivity index (χ4n) is 2.49. The fraction of sp³-hybridized carbons (Fsp3) is 0.231. The van der Waals surface area contributed by atoms with Gasteiger partial charge < -0.3 is 30.6 Å². The Balaban J connectivity index is 2.81. The topological polar surface area (TPSA) is 165 Å². The fourth-order valence-corrected chi connectivity index (χ4v) is 2.49. The average Bonchev–Trinajstić information content (AvgIpc) is 2.96. The van der Waals surface area contributed by atoms with Gasteiger partial charge in [0.1, 0.15) is 0 Å². The SMILES string of the molecule is O=C(O)CCC(C(=O)O)(n1c(O)ccc1O)n1c(O)ccc1O. The molecule has 0 bridgehead atoms. The van der Waals surface area contributed by atoms with Crippen molar-refractivity contribution in [2.45, 2.75) is 18.5 Å². The quantitative estimate of drug-likeness (QED) is 0.440. The molecule has 0 aromatic carbocycles. The van der Waals surface area contributed by atoms with Crippen LogP contribution in [0.2, 0.25) is 0 Å². The lowest BCUT2D eigenvalue weighted by atomic mass is 10.0. The summed E-state index contributed by atoms with van der Waals surface area (Å²) in [5.41, 5.74) is -2.49. The largest absolute Gasteiger partial charge is 0.494 e. The maximum atomic E-state index is 12.0. The molecule has 0 atom stereocenters. The third-order valence-electron chi connectivity index (χ3n) is 3.45. The van der Waals surface area contributed by atoms with E-state index < -0.39 is 54.0 Å². The number of nitrogens with zero attached hydrogens (tertiary/aromatic N) is 2. The van der Waals surface area contributed by atoms with Crippen molar-refractivity contribution in [2.75, 3.05) is 0 Å². The summed E-state index contributed by atoms with van der Waals surface area (Å²) in [6, 6.07) is 3.97. The van der Waals surface area contributed by atoms with Gasteiger partial charge in [-0.1, -0.05) is 0 Å². The Morgan fingerprint density at radius 3 is 1.43 bits per heavy atom. The minimum Gasteiger partial charge on any atom is -0.494 e. The zero-order valence-electron chi connectivity index (χ0n) is 11.6. The van der Waals surface area contributed by atoms with Gasteiger partial charge in [-0.3, -0.25) is 4.79 Å².